The minimum Gasteiger partial charge on any atom is -0.456 e. The number of aromatic nitrogens is 4. The molecule has 0 aliphatic rings. The number of aromatic amines is 1. The molecule has 3 rings (SSSR count). The van der Waals surface area contributed by atoms with Gasteiger partial charge in [0.25, 0.3) is 11.5 Å². The van der Waals surface area contributed by atoms with Crippen molar-refractivity contribution in [2.45, 2.75) is 66.5 Å². The predicted molar refractivity (Wildman–Crippen MR) is 133 cm³/mol. The number of ether oxygens (including phenoxy) is 1. The number of anilines is 1. The number of unbranched alkanes of at least 4 members (excludes halogenated alkanes) is 1. The molecule has 35 heavy (non-hydrogen) atoms. The first-order valence-corrected chi connectivity index (χ1v) is 11.9. The predicted octanol–water partition coefficient (Wildman–Crippen LogP) is 2.77. The lowest BCUT2D eigenvalue weighted by Crippen LogP contribution is -2.31. The van der Waals surface area contributed by atoms with Crippen LogP contribution in [0.5, 0.6) is 0 Å². The van der Waals surface area contributed by atoms with E-state index in [-0.39, 0.29) is 18.8 Å². The number of carbonyl (C=O) groups is 2. The molecular formula is C25H33N5O5. The number of para-hydroxylation sites is 1. The largest absolute Gasteiger partial charge is 0.456 e. The lowest BCUT2D eigenvalue weighted by molar-refractivity contribution is -0.147. The normalized spacial score (nSPS) is 11.2. The SMILES string of the molecule is CCCCn1c(=O)[nH]c(=O)c2c1nc(CCC(=O)OCC(=O)Nc1ccccc1C)n2CC(C)C. The third-order valence-electron chi connectivity index (χ3n) is 5.58. The number of H-pyrrole nitrogens is 1. The molecule has 2 aromatic heterocycles. The molecule has 1 aromatic carbocycles. The summed E-state index contributed by atoms with van der Waals surface area (Å²) in [6, 6.07) is 7.33. The van der Waals surface area contributed by atoms with Crippen LogP contribution >= 0.6 is 0 Å². The van der Waals surface area contributed by atoms with Gasteiger partial charge in [-0.2, -0.15) is 0 Å². The van der Waals surface area contributed by atoms with Gasteiger partial charge in [-0.15, -0.1) is 0 Å². The number of rotatable bonds is 11. The number of aryl methyl sites for hydroxylation is 3. The Hall–Kier alpha value is -3.69. The molecule has 0 aliphatic heterocycles. The van der Waals surface area contributed by atoms with Crippen LogP contribution in [0.25, 0.3) is 11.2 Å². The number of nitrogens with zero attached hydrogens (tertiary/aromatic N) is 3. The maximum atomic E-state index is 12.7. The van der Waals surface area contributed by atoms with Crippen LogP contribution in [0.1, 0.15) is 51.4 Å². The Morgan fingerprint density at radius 1 is 1.17 bits per heavy atom. The lowest BCUT2D eigenvalue weighted by Gasteiger charge is -2.12. The van der Waals surface area contributed by atoms with E-state index in [4.69, 9.17) is 4.74 Å². The summed E-state index contributed by atoms with van der Waals surface area (Å²) in [4.78, 5) is 56.6. The van der Waals surface area contributed by atoms with Gasteiger partial charge in [-0.05, 0) is 30.9 Å². The first-order chi connectivity index (χ1) is 16.7. The van der Waals surface area contributed by atoms with Gasteiger partial charge in [-0.25, -0.2) is 9.78 Å². The van der Waals surface area contributed by atoms with Gasteiger partial charge in [-0.1, -0.05) is 45.4 Å². The number of carbonyl (C=O) groups excluding carboxylic acids is 2. The fourth-order valence-electron chi connectivity index (χ4n) is 3.83. The summed E-state index contributed by atoms with van der Waals surface area (Å²) in [6.07, 6.45) is 1.84. The second-order valence-electron chi connectivity index (χ2n) is 8.99. The van der Waals surface area contributed by atoms with E-state index in [2.05, 4.69) is 15.3 Å². The van der Waals surface area contributed by atoms with Crippen molar-refractivity contribution in [3.8, 4) is 0 Å². The van der Waals surface area contributed by atoms with E-state index < -0.39 is 29.7 Å². The smallest absolute Gasteiger partial charge is 0.330 e. The third kappa shape index (κ3) is 6.46. The minimum absolute atomic E-state index is 0.0177. The Balaban J connectivity index is 1.74. The van der Waals surface area contributed by atoms with Crippen LogP contribution < -0.4 is 16.6 Å². The molecule has 0 saturated carbocycles. The number of fused-ring (bicyclic) bond motifs is 1. The van der Waals surface area contributed by atoms with Crippen LogP contribution in [0.3, 0.4) is 0 Å². The van der Waals surface area contributed by atoms with Crippen LogP contribution in [0.15, 0.2) is 33.9 Å². The highest BCUT2D eigenvalue weighted by Crippen LogP contribution is 2.16. The van der Waals surface area contributed by atoms with E-state index in [1.165, 1.54) is 4.57 Å². The Kier molecular flexibility index (Phi) is 8.62. The number of amides is 1. The van der Waals surface area contributed by atoms with Crippen LogP contribution in [0.4, 0.5) is 5.69 Å². The average Bonchev–Trinajstić information content (AvgIpc) is 3.15. The number of esters is 1. The molecule has 10 heteroatoms. The molecule has 1 amide bonds. The molecule has 2 heterocycles. The number of hydrogen-bond donors (Lipinski definition) is 2. The van der Waals surface area contributed by atoms with Crippen molar-refractivity contribution < 1.29 is 14.3 Å². The monoisotopic (exact) mass is 483 g/mol. The second kappa shape index (κ2) is 11.6. The standard InChI is InChI=1S/C25H33N5O5/c1-5-6-13-29-23-22(24(33)28-25(29)34)30(14-16(2)3)19(27-23)11-12-21(32)35-15-20(31)26-18-10-8-7-9-17(18)4/h7-10,16H,5-6,11-15H2,1-4H3,(H,26,31)(H,28,33,34). The number of hydrogen-bond acceptors (Lipinski definition) is 6. The quantitative estimate of drug-likeness (QED) is 0.404. The molecule has 0 radical (unpaired) electrons. The Bertz CT molecular complexity index is 1320. The van der Waals surface area contributed by atoms with Crippen LogP contribution in [-0.4, -0.2) is 37.6 Å². The minimum atomic E-state index is -0.551. The van der Waals surface area contributed by atoms with Crippen molar-refractivity contribution in [1.82, 2.24) is 19.1 Å². The molecule has 10 nitrogen and oxygen atoms in total. The third-order valence-corrected chi connectivity index (χ3v) is 5.58. The maximum absolute atomic E-state index is 12.7. The van der Waals surface area contributed by atoms with Crippen LogP contribution in [0.2, 0.25) is 0 Å². The summed E-state index contributed by atoms with van der Waals surface area (Å²) < 4.78 is 8.40. The molecular weight excluding hydrogens is 450 g/mol. The summed E-state index contributed by atoms with van der Waals surface area (Å²) in [6.45, 7) is 8.47. The van der Waals surface area contributed by atoms with E-state index in [9.17, 15) is 19.2 Å². The van der Waals surface area contributed by atoms with Crippen molar-refractivity contribution in [3.05, 3.63) is 56.5 Å². The highest BCUT2D eigenvalue weighted by atomic mass is 16.5. The summed E-state index contributed by atoms with van der Waals surface area (Å²) in [5, 5.41) is 2.72. The van der Waals surface area contributed by atoms with Gasteiger partial charge >= 0.3 is 11.7 Å². The summed E-state index contributed by atoms with van der Waals surface area (Å²) in [5.41, 5.74) is 1.24. The van der Waals surface area contributed by atoms with E-state index in [0.717, 1.165) is 18.4 Å². The van der Waals surface area contributed by atoms with Crippen molar-refractivity contribution in [3.63, 3.8) is 0 Å². The molecule has 0 spiro atoms. The van der Waals surface area contributed by atoms with Crippen molar-refractivity contribution in [2.24, 2.45) is 5.92 Å². The highest BCUT2D eigenvalue weighted by Gasteiger charge is 2.20. The molecule has 0 fully saturated rings. The first-order valence-electron chi connectivity index (χ1n) is 11.9. The zero-order valence-corrected chi connectivity index (χ0v) is 20.7. The van der Waals surface area contributed by atoms with Crippen LogP contribution in [0, 0.1) is 12.8 Å². The molecule has 0 saturated heterocycles. The van der Waals surface area contributed by atoms with E-state index in [1.807, 2.05) is 45.9 Å². The van der Waals surface area contributed by atoms with Crippen molar-refractivity contribution in [2.75, 3.05) is 11.9 Å². The van der Waals surface area contributed by atoms with Gasteiger partial charge in [-0.3, -0.25) is 23.9 Å². The lowest BCUT2D eigenvalue weighted by atomic mass is 10.2. The van der Waals surface area contributed by atoms with Crippen molar-refractivity contribution >= 4 is 28.7 Å². The summed E-state index contributed by atoms with van der Waals surface area (Å²) >= 11 is 0. The van der Waals surface area contributed by atoms with Gasteiger partial charge in [0.2, 0.25) is 0 Å². The summed E-state index contributed by atoms with van der Waals surface area (Å²) in [7, 11) is 0. The Morgan fingerprint density at radius 3 is 2.60 bits per heavy atom. The van der Waals surface area contributed by atoms with Gasteiger partial charge in [0, 0.05) is 25.2 Å². The fourth-order valence-corrected chi connectivity index (χ4v) is 3.83. The molecule has 0 unspecified atom stereocenters. The zero-order valence-electron chi connectivity index (χ0n) is 20.7. The Morgan fingerprint density at radius 2 is 1.91 bits per heavy atom. The maximum Gasteiger partial charge on any atom is 0.330 e. The van der Waals surface area contributed by atoms with Crippen LogP contribution in [-0.2, 0) is 33.8 Å². The molecule has 0 bridgehead atoms. The van der Waals surface area contributed by atoms with Crippen molar-refractivity contribution in [1.29, 1.82) is 0 Å². The topological polar surface area (TPSA) is 128 Å². The second-order valence-corrected chi connectivity index (χ2v) is 8.99. The van der Waals surface area contributed by atoms with Gasteiger partial charge in [0.1, 0.15) is 5.82 Å². The first kappa shape index (κ1) is 25.9. The highest BCUT2D eigenvalue weighted by molar-refractivity contribution is 5.93. The fraction of sp³-hybridized carbons (Fsp3) is 0.480. The molecule has 0 atom stereocenters. The Labute approximate surface area is 203 Å². The molecule has 188 valence electrons. The van der Waals surface area contributed by atoms with Gasteiger partial charge in [0.15, 0.2) is 17.8 Å². The van der Waals surface area contributed by atoms with Gasteiger partial charge < -0.3 is 14.6 Å². The average molecular weight is 484 g/mol. The van der Waals surface area contributed by atoms with E-state index in [0.29, 0.717) is 35.8 Å². The number of imidazole rings is 1. The summed E-state index contributed by atoms with van der Waals surface area (Å²) in [5.74, 6) is -0.244. The van der Waals surface area contributed by atoms with E-state index >= 15 is 0 Å². The number of nitrogens with one attached hydrogen (secondary N) is 2. The van der Waals surface area contributed by atoms with Gasteiger partial charge in [0.05, 0.1) is 6.42 Å². The molecule has 0 aliphatic carbocycles. The number of benzene rings is 1. The zero-order chi connectivity index (χ0) is 25.5. The van der Waals surface area contributed by atoms with E-state index in [1.54, 1.807) is 10.6 Å². The molecule has 2 N–H and O–H groups in total. The molecule has 3 aromatic rings.